The summed E-state index contributed by atoms with van der Waals surface area (Å²) in [4.78, 5) is 12.2. The molecule has 0 saturated carbocycles. The summed E-state index contributed by atoms with van der Waals surface area (Å²) in [5.41, 5.74) is 0.675. The molecule has 0 unspecified atom stereocenters. The maximum absolute atomic E-state index is 13.1. The summed E-state index contributed by atoms with van der Waals surface area (Å²) in [5.74, 6) is 0.549. The predicted octanol–water partition coefficient (Wildman–Crippen LogP) is 2.93. The van der Waals surface area contributed by atoms with Crippen molar-refractivity contribution in [1.29, 1.82) is 0 Å². The maximum Gasteiger partial charge on any atom is 0.241 e. The molecule has 2 aromatic carbocycles. The fraction of sp³-hybridized carbons (Fsp3) is 0.278. The molecule has 0 spiro atoms. The zero-order valence-corrected chi connectivity index (χ0v) is 13.3. The molecule has 1 heterocycles. The van der Waals surface area contributed by atoms with Crippen molar-refractivity contribution in [1.82, 2.24) is 5.32 Å². The SMILES string of the molecule is CO[C@@H]1CN[C@@H](C(=O)Nc2ccc(Oc3cccc(F)c3)cc2)C1. The normalized spacial score (nSPS) is 19.9. The van der Waals surface area contributed by atoms with Gasteiger partial charge in [-0.3, -0.25) is 4.79 Å². The molecule has 0 aromatic heterocycles. The second-order valence-corrected chi connectivity index (χ2v) is 5.63. The van der Waals surface area contributed by atoms with E-state index in [1.807, 2.05) is 0 Å². The molecule has 2 aromatic rings. The van der Waals surface area contributed by atoms with Gasteiger partial charge >= 0.3 is 0 Å². The Balaban J connectivity index is 1.57. The molecule has 2 N–H and O–H groups in total. The Morgan fingerprint density at radius 2 is 2.00 bits per heavy atom. The van der Waals surface area contributed by atoms with Crippen LogP contribution in [0.4, 0.5) is 10.1 Å². The lowest BCUT2D eigenvalue weighted by molar-refractivity contribution is -0.118. The highest BCUT2D eigenvalue weighted by Gasteiger charge is 2.29. The number of hydrogen-bond acceptors (Lipinski definition) is 4. The van der Waals surface area contributed by atoms with E-state index >= 15 is 0 Å². The van der Waals surface area contributed by atoms with Crippen LogP contribution in [0.1, 0.15) is 6.42 Å². The fourth-order valence-electron chi connectivity index (χ4n) is 2.58. The van der Waals surface area contributed by atoms with Crippen LogP contribution in [0.5, 0.6) is 11.5 Å². The van der Waals surface area contributed by atoms with E-state index in [1.54, 1.807) is 43.5 Å². The molecule has 2 atom stereocenters. The zero-order chi connectivity index (χ0) is 16.9. The van der Waals surface area contributed by atoms with Gasteiger partial charge in [0, 0.05) is 25.4 Å². The summed E-state index contributed by atoms with van der Waals surface area (Å²) in [5, 5.41) is 5.99. The Bertz CT molecular complexity index is 706. The van der Waals surface area contributed by atoms with Crippen LogP contribution in [0.3, 0.4) is 0 Å². The van der Waals surface area contributed by atoms with Crippen LogP contribution in [0.25, 0.3) is 0 Å². The number of ether oxygens (including phenoxy) is 2. The Morgan fingerprint density at radius 1 is 1.21 bits per heavy atom. The van der Waals surface area contributed by atoms with Crippen LogP contribution in [-0.4, -0.2) is 31.7 Å². The smallest absolute Gasteiger partial charge is 0.241 e. The van der Waals surface area contributed by atoms with Gasteiger partial charge < -0.3 is 20.1 Å². The molecular formula is C18H19FN2O3. The summed E-state index contributed by atoms with van der Waals surface area (Å²) in [6.45, 7) is 0.676. The number of carbonyl (C=O) groups is 1. The maximum atomic E-state index is 13.1. The average Bonchev–Trinajstić information content (AvgIpc) is 3.06. The van der Waals surface area contributed by atoms with Gasteiger partial charge in [0.05, 0.1) is 12.1 Å². The van der Waals surface area contributed by atoms with Gasteiger partial charge in [-0.2, -0.15) is 0 Å². The van der Waals surface area contributed by atoms with E-state index in [1.165, 1.54) is 12.1 Å². The first-order chi connectivity index (χ1) is 11.6. The number of benzene rings is 2. The van der Waals surface area contributed by atoms with Gasteiger partial charge in [0.15, 0.2) is 0 Å². The van der Waals surface area contributed by atoms with Crippen molar-refractivity contribution in [2.75, 3.05) is 19.0 Å². The van der Waals surface area contributed by atoms with Crippen LogP contribution in [0.15, 0.2) is 48.5 Å². The monoisotopic (exact) mass is 330 g/mol. The van der Waals surface area contributed by atoms with E-state index in [4.69, 9.17) is 9.47 Å². The van der Waals surface area contributed by atoms with Gasteiger partial charge in [-0.25, -0.2) is 4.39 Å². The molecule has 126 valence electrons. The van der Waals surface area contributed by atoms with Gasteiger partial charge in [0.1, 0.15) is 17.3 Å². The Kier molecular flexibility index (Phi) is 5.08. The minimum Gasteiger partial charge on any atom is -0.457 e. The zero-order valence-electron chi connectivity index (χ0n) is 13.3. The van der Waals surface area contributed by atoms with Gasteiger partial charge in [-0.05, 0) is 42.8 Å². The van der Waals surface area contributed by atoms with Crippen molar-refractivity contribution in [3.05, 3.63) is 54.3 Å². The topological polar surface area (TPSA) is 59.6 Å². The second-order valence-electron chi connectivity index (χ2n) is 5.63. The van der Waals surface area contributed by atoms with Crippen LogP contribution in [0.2, 0.25) is 0 Å². The summed E-state index contributed by atoms with van der Waals surface area (Å²) >= 11 is 0. The van der Waals surface area contributed by atoms with Crippen LogP contribution in [-0.2, 0) is 9.53 Å². The number of halogens is 1. The molecule has 0 aliphatic carbocycles. The number of rotatable bonds is 5. The molecule has 1 amide bonds. The van der Waals surface area contributed by atoms with E-state index in [9.17, 15) is 9.18 Å². The van der Waals surface area contributed by atoms with Crippen LogP contribution < -0.4 is 15.4 Å². The van der Waals surface area contributed by atoms with Crippen molar-refractivity contribution in [3.63, 3.8) is 0 Å². The molecule has 3 rings (SSSR count). The third kappa shape index (κ3) is 4.10. The quantitative estimate of drug-likeness (QED) is 0.885. The first-order valence-corrected chi connectivity index (χ1v) is 7.74. The number of nitrogens with one attached hydrogen (secondary N) is 2. The van der Waals surface area contributed by atoms with Crippen molar-refractivity contribution < 1.29 is 18.7 Å². The lowest BCUT2D eigenvalue weighted by Crippen LogP contribution is -2.35. The molecule has 1 fully saturated rings. The van der Waals surface area contributed by atoms with Crippen molar-refractivity contribution in [2.24, 2.45) is 0 Å². The van der Waals surface area contributed by atoms with Crippen molar-refractivity contribution in [2.45, 2.75) is 18.6 Å². The number of anilines is 1. The average molecular weight is 330 g/mol. The molecule has 1 saturated heterocycles. The molecule has 24 heavy (non-hydrogen) atoms. The van der Waals surface area contributed by atoms with Gasteiger partial charge in [-0.15, -0.1) is 0 Å². The first kappa shape index (κ1) is 16.4. The largest absolute Gasteiger partial charge is 0.457 e. The molecular weight excluding hydrogens is 311 g/mol. The molecule has 5 nitrogen and oxygen atoms in total. The molecule has 0 bridgehead atoms. The lowest BCUT2D eigenvalue weighted by Gasteiger charge is -2.12. The van der Waals surface area contributed by atoms with Gasteiger partial charge in [0.2, 0.25) is 5.91 Å². The molecule has 6 heteroatoms. The standard InChI is InChI=1S/C18H19FN2O3/c1-23-16-10-17(20-11-16)18(22)21-13-5-7-14(8-6-13)24-15-4-2-3-12(19)9-15/h2-9,16-17,20H,10-11H2,1H3,(H,21,22)/t16-,17+/m0/s1. The fourth-order valence-corrected chi connectivity index (χ4v) is 2.58. The minimum absolute atomic E-state index is 0.0720. The highest BCUT2D eigenvalue weighted by molar-refractivity contribution is 5.95. The number of hydrogen-bond donors (Lipinski definition) is 2. The highest BCUT2D eigenvalue weighted by atomic mass is 19.1. The highest BCUT2D eigenvalue weighted by Crippen LogP contribution is 2.23. The van der Waals surface area contributed by atoms with E-state index in [0.717, 1.165) is 0 Å². The van der Waals surface area contributed by atoms with E-state index < -0.39 is 0 Å². The van der Waals surface area contributed by atoms with E-state index in [0.29, 0.717) is 30.2 Å². The summed E-state index contributed by atoms with van der Waals surface area (Å²) in [6, 6.07) is 12.6. The number of carbonyl (C=O) groups excluding carboxylic acids is 1. The molecule has 0 radical (unpaired) electrons. The number of amides is 1. The summed E-state index contributed by atoms with van der Waals surface area (Å²) in [6.07, 6.45) is 0.728. The third-order valence-corrected chi connectivity index (χ3v) is 3.89. The third-order valence-electron chi connectivity index (χ3n) is 3.89. The van der Waals surface area contributed by atoms with Crippen molar-refractivity contribution in [3.8, 4) is 11.5 Å². The van der Waals surface area contributed by atoms with Crippen molar-refractivity contribution >= 4 is 11.6 Å². The summed E-state index contributed by atoms with van der Waals surface area (Å²) < 4.78 is 23.9. The predicted molar refractivity (Wildman–Crippen MR) is 88.8 cm³/mol. The summed E-state index contributed by atoms with van der Waals surface area (Å²) in [7, 11) is 1.64. The Hall–Kier alpha value is -2.44. The van der Waals surface area contributed by atoms with Gasteiger partial charge in [0.25, 0.3) is 0 Å². The molecule has 1 aliphatic heterocycles. The minimum atomic E-state index is -0.352. The second kappa shape index (κ2) is 7.42. The van der Waals surface area contributed by atoms with Crippen LogP contribution >= 0.6 is 0 Å². The van der Waals surface area contributed by atoms with Crippen LogP contribution in [0, 0.1) is 5.82 Å². The molecule has 1 aliphatic rings. The van der Waals surface area contributed by atoms with E-state index in [-0.39, 0.29) is 23.9 Å². The van der Waals surface area contributed by atoms with E-state index in [2.05, 4.69) is 10.6 Å². The number of methoxy groups -OCH3 is 1. The lowest BCUT2D eigenvalue weighted by atomic mass is 10.2. The Morgan fingerprint density at radius 3 is 2.67 bits per heavy atom. The Labute approximate surface area is 139 Å². The van der Waals surface area contributed by atoms with Gasteiger partial charge in [-0.1, -0.05) is 6.07 Å². The first-order valence-electron chi connectivity index (χ1n) is 7.74.